The molecule has 0 aliphatic carbocycles. The van der Waals surface area contributed by atoms with Gasteiger partial charge in [-0.15, -0.1) is 0 Å². The summed E-state index contributed by atoms with van der Waals surface area (Å²) in [5.41, 5.74) is 3.74. The second-order valence-corrected chi connectivity index (χ2v) is 5.71. The molecule has 1 aliphatic heterocycles. The Kier molecular flexibility index (Phi) is 2.98. The molecule has 0 bridgehead atoms. The van der Waals surface area contributed by atoms with E-state index in [-0.39, 0.29) is 11.7 Å². The van der Waals surface area contributed by atoms with Crippen LogP contribution in [0.3, 0.4) is 0 Å². The van der Waals surface area contributed by atoms with Crippen LogP contribution in [0.5, 0.6) is 0 Å². The molecule has 4 heteroatoms. The van der Waals surface area contributed by atoms with E-state index in [0.29, 0.717) is 11.3 Å². The number of nitrogens with zero attached hydrogens (tertiary/aromatic N) is 1. The smallest absolute Gasteiger partial charge is 0.238 e. The molecule has 112 valence electrons. The molecule has 1 unspecified atom stereocenters. The molecule has 0 saturated carbocycles. The summed E-state index contributed by atoms with van der Waals surface area (Å²) in [6, 6.07) is 17.0. The number of pyridine rings is 1. The summed E-state index contributed by atoms with van der Waals surface area (Å²) in [5, 5.41) is 3.90. The molecule has 2 heterocycles. The Bertz CT molecular complexity index is 962. The van der Waals surface area contributed by atoms with Crippen molar-refractivity contribution in [2.75, 3.05) is 5.32 Å². The molecule has 4 rings (SSSR count). The molecule has 1 aliphatic rings. The average molecular weight is 302 g/mol. The SMILES string of the molecule is CC(=O)c1ccc2c(c1)NC(=O)C2c1ccc2ccccc2n1. The average Bonchev–Trinajstić information content (AvgIpc) is 2.89. The van der Waals surface area contributed by atoms with E-state index in [1.165, 1.54) is 6.92 Å². The number of nitrogens with one attached hydrogen (secondary N) is 1. The third kappa shape index (κ3) is 2.19. The Balaban J connectivity index is 1.83. The lowest BCUT2D eigenvalue weighted by Gasteiger charge is -2.09. The van der Waals surface area contributed by atoms with E-state index in [1.54, 1.807) is 12.1 Å². The molecule has 2 aromatic carbocycles. The lowest BCUT2D eigenvalue weighted by atomic mass is 9.95. The summed E-state index contributed by atoms with van der Waals surface area (Å²) in [6.45, 7) is 1.51. The number of aromatic nitrogens is 1. The Hall–Kier alpha value is -3.01. The zero-order valence-corrected chi connectivity index (χ0v) is 12.5. The van der Waals surface area contributed by atoms with Crippen LogP contribution >= 0.6 is 0 Å². The van der Waals surface area contributed by atoms with Gasteiger partial charge in [0.05, 0.1) is 11.2 Å². The highest BCUT2D eigenvalue weighted by Gasteiger charge is 2.33. The molecule has 0 saturated heterocycles. The molecule has 1 aromatic heterocycles. The molecular weight excluding hydrogens is 288 g/mol. The molecule has 3 aromatic rings. The Morgan fingerprint density at radius 2 is 1.91 bits per heavy atom. The number of Topliss-reactive ketones (excluding diaryl/α,β-unsaturated/α-hetero) is 1. The summed E-state index contributed by atoms with van der Waals surface area (Å²) in [5.74, 6) is -0.562. The van der Waals surface area contributed by atoms with Gasteiger partial charge in [0.1, 0.15) is 5.92 Å². The van der Waals surface area contributed by atoms with Crippen LogP contribution < -0.4 is 5.32 Å². The van der Waals surface area contributed by atoms with Crippen LogP contribution in [0.1, 0.15) is 34.5 Å². The number of amides is 1. The van der Waals surface area contributed by atoms with Gasteiger partial charge in [0, 0.05) is 16.6 Å². The van der Waals surface area contributed by atoms with Crippen molar-refractivity contribution >= 4 is 28.3 Å². The van der Waals surface area contributed by atoms with Crippen molar-refractivity contribution < 1.29 is 9.59 Å². The van der Waals surface area contributed by atoms with Gasteiger partial charge in [-0.05, 0) is 30.7 Å². The van der Waals surface area contributed by atoms with Crippen molar-refractivity contribution in [3.05, 3.63) is 71.4 Å². The second kappa shape index (κ2) is 5.02. The van der Waals surface area contributed by atoms with Crippen molar-refractivity contribution in [1.82, 2.24) is 4.98 Å². The molecule has 0 fully saturated rings. The second-order valence-electron chi connectivity index (χ2n) is 5.71. The van der Waals surface area contributed by atoms with Crippen LogP contribution in [-0.2, 0) is 4.79 Å². The summed E-state index contributed by atoms with van der Waals surface area (Å²) in [4.78, 5) is 28.5. The number of para-hydroxylation sites is 1. The zero-order valence-electron chi connectivity index (χ0n) is 12.5. The third-order valence-corrected chi connectivity index (χ3v) is 4.21. The first kappa shape index (κ1) is 13.6. The van der Waals surface area contributed by atoms with Crippen LogP contribution in [0.15, 0.2) is 54.6 Å². The van der Waals surface area contributed by atoms with Crippen LogP contribution in [0.4, 0.5) is 5.69 Å². The van der Waals surface area contributed by atoms with Gasteiger partial charge in [-0.25, -0.2) is 0 Å². The standard InChI is InChI=1S/C19H14N2O2/c1-11(22)13-6-8-14-17(10-13)21-19(23)18(14)16-9-7-12-4-2-3-5-15(12)20-16/h2-10,18H,1H3,(H,21,23). The highest BCUT2D eigenvalue weighted by Crippen LogP contribution is 2.37. The van der Waals surface area contributed by atoms with Crippen molar-refractivity contribution in [2.24, 2.45) is 0 Å². The van der Waals surface area contributed by atoms with Gasteiger partial charge >= 0.3 is 0 Å². The number of anilines is 1. The van der Waals surface area contributed by atoms with E-state index in [9.17, 15) is 9.59 Å². The molecule has 0 spiro atoms. The number of hydrogen-bond donors (Lipinski definition) is 1. The maximum Gasteiger partial charge on any atom is 0.238 e. The van der Waals surface area contributed by atoms with Gasteiger partial charge in [0.25, 0.3) is 0 Å². The predicted octanol–water partition coefficient (Wildman–Crippen LogP) is 3.52. The van der Waals surface area contributed by atoms with Crippen molar-refractivity contribution in [3.63, 3.8) is 0 Å². The Morgan fingerprint density at radius 1 is 1.09 bits per heavy atom. The van der Waals surface area contributed by atoms with E-state index in [1.807, 2.05) is 42.5 Å². The monoisotopic (exact) mass is 302 g/mol. The van der Waals surface area contributed by atoms with Crippen molar-refractivity contribution in [2.45, 2.75) is 12.8 Å². The highest BCUT2D eigenvalue weighted by atomic mass is 16.2. The van der Waals surface area contributed by atoms with E-state index < -0.39 is 5.92 Å². The topological polar surface area (TPSA) is 59.1 Å². The van der Waals surface area contributed by atoms with Gasteiger partial charge in [0.2, 0.25) is 5.91 Å². The molecule has 1 amide bonds. The first-order valence-corrected chi connectivity index (χ1v) is 7.45. The summed E-state index contributed by atoms with van der Waals surface area (Å²) in [6.07, 6.45) is 0. The van der Waals surface area contributed by atoms with Gasteiger partial charge in [0.15, 0.2) is 5.78 Å². The largest absolute Gasteiger partial charge is 0.325 e. The normalized spacial score (nSPS) is 16.2. The molecule has 4 nitrogen and oxygen atoms in total. The van der Waals surface area contributed by atoms with Crippen LogP contribution in [0.25, 0.3) is 10.9 Å². The van der Waals surface area contributed by atoms with Gasteiger partial charge in [-0.3, -0.25) is 14.6 Å². The fourth-order valence-corrected chi connectivity index (χ4v) is 3.02. The van der Waals surface area contributed by atoms with Crippen LogP contribution in [-0.4, -0.2) is 16.7 Å². The van der Waals surface area contributed by atoms with E-state index in [2.05, 4.69) is 10.3 Å². The van der Waals surface area contributed by atoms with Crippen LogP contribution in [0.2, 0.25) is 0 Å². The van der Waals surface area contributed by atoms with E-state index in [4.69, 9.17) is 0 Å². The fraction of sp³-hybridized carbons (Fsp3) is 0.105. The minimum absolute atomic E-state index is 0.0191. The first-order chi connectivity index (χ1) is 11.1. The number of carbonyl (C=O) groups is 2. The van der Waals surface area contributed by atoms with Crippen molar-refractivity contribution in [3.8, 4) is 0 Å². The molecular formula is C19H14N2O2. The lowest BCUT2D eigenvalue weighted by Crippen LogP contribution is -2.14. The minimum Gasteiger partial charge on any atom is -0.325 e. The maximum atomic E-state index is 12.4. The van der Waals surface area contributed by atoms with Gasteiger partial charge in [-0.2, -0.15) is 0 Å². The number of benzene rings is 2. The van der Waals surface area contributed by atoms with E-state index in [0.717, 1.165) is 22.2 Å². The quantitative estimate of drug-likeness (QED) is 0.737. The van der Waals surface area contributed by atoms with Crippen LogP contribution in [0, 0.1) is 0 Å². The molecule has 1 atom stereocenters. The molecule has 1 N–H and O–H groups in total. The maximum absolute atomic E-state index is 12.4. The summed E-state index contributed by atoms with van der Waals surface area (Å²) in [7, 11) is 0. The third-order valence-electron chi connectivity index (χ3n) is 4.21. The minimum atomic E-state index is -0.435. The highest BCUT2D eigenvalue weighted by molar-refractivity contribution is 6.06. The summed E-state index contributed by atoms with van der Waals surface area (Å²) < 4.78 is 0. The number of ketones is 1. The van der Waals surface area contributed by atoms with E-state index >= 15 is 0 Å². The molecule has 23 heavy (non-hydrogen) atoms. The summed E-state index contributed by atoms with van der Waals surface area (Å²) >= 11 is 0. The number of rotatable bonds is 2. The van der Waals surface area contributed by atoms with Gasteiger partial charge in [-0.1, -0.05) is 36.4 Å². The Labute approximate surface area is 133 Å². The first-order valence-electron chi connectivity index (χ1n) is 7.45. The zero-order chi connectivity index (χ0) is 16.0. The number of fused-ring (bicyclic) bond motifs is 2. The number of carbonyl (C=O) groups excluding carboxylic acids is 2. The number of hydrogen-bond acceptors (Lipinski definition) is 3. The lowest BCUT2D eigenvalue weighted by molar-refractivity contribution is -0.116. The van der Waals surface area contributed by atoms with Crippen molar-refractivity contribution in [1.29, 1.82) is 0 Å². The van der Waals surface area contributed by atoms with Gasteiger partial charge < -0.3 is 5.32 Å². The predicted molar refractivity (Wildman–Crippen MR) is 88.7 cm³/mol. The Morgan fingerprint density at radius 3 is 2.74 bits per heavy atom. The fourth-order valence-electron chi connectivity index (χ4n) is 3.02. The molecule has 0 radical (unpaired) electrons.